The molecule has 0 unspecified atom stereocenters. The molecule has 1 aliphatic carbocycles. The topological polar surface area (TPSA) is 98.8 Å². The molecule has 2 N–H and O–H groups in total. The molecule has 2 fully saturated rings. The fourth-order valence-corrected chi connectivity index (χ4v) is 5.48. The number of rotatable bonds is 9. The molecule has 2 aliphatic rings. The summed E-state index contributed by atoms with van der Waals surface area (Å²) in [6.45, 7) is 6.80. The number of sulfonamides is 1. The van der Waals surface area contributed by atoms with Gasteiger partial charge >= 0.3 is 0 Å². The minimum atomic E-state index is -3.53. The first-order valence-corrected chi connectivity index (χ1v) is 12.8. The highest BCUT2D eigenvalue weighted by Crippen LogP contribution is 2.23. The summed E-state index contributed by atoms with van der Waals surface area (Å²) in [7, 11) is 0.517. The van der Waals surface area contributed by atoms with E-state index in [9.17, 15) is 18.0 Å². The average Bonchev–Trinajstić information content (AvgIpc) is 3.54. The van der Waals surface area contributed by atoms with Gasteiger partial charge in [0.25, 0.3) is 5.91 Å². The molecule has 3 rings (SSSR count). The minimum Gasteiger partial charge on any atom is -0.355 e. The van der Waals surface area contributed by atoms with Gasteiger partial charge in [-0.05, 0) is 69.5 Å². The van der Waals surface area contributed by atoms with Crippen LogP contribution in [0.4, 0.5) is 0 Å². The second-order valence-corrected chi connectivity index (χ2v) is 11.8. The van der Waals surface area contributed by atoms with Crippen LogP contribution in [-0.4, -0.2) is 76.3 Å². The van der Waals surface area contributed by atoms with Gasteiger partial charge in [-0.1, -0.05) is 13.8 Å². The van der Waals surface area contributed by atoms with E-state index >= 15 is 0 Å². The zero-order valence-corrected chi connectivity index (χ0v) is 20.4. The van der Waals surface area contributed by atoms with E-state index in [1.807, 2.05) is 14.1 Å². The summed E-state index contributed by atoms with van der Waals surface area (Å²) in [5, 5.41) is 3.08. The lowest BCUT2D eigenvalue weighted by Crippen LogP contribution is -2.46. The van der Waals surface area contributed by atoms with Crippen molar-refractivity contribution in [3.8, 4) is 0 Å². The first kappa shape index (κ1) is 24.7. The molecule has 1 saturated heterocycles. The molecule has 32 heavy (non-hydrogen) atoms. The van der Waals surface area contributed by atoms with Gasteiger partial charge in [0, 0.05) is 43.7 Å². The lowest BCUT2D eigenvalue weighted by Gasteiger charge is -2.33. The summed E-state index contributed by atoms with van der Waals surface area (Å²) in [4.78, 5) is 29.5. The molecule has 0 radical (unpaired) electrons. The predicted molar refractivity (Wildman–Crippen MR) is 124 cm³/mol. The molecule has 0 atom stereocenters. The highest BCUT2D eigenvalue weighted by molar-refractivity contribution is 7.89. The molecule has 1 heterocycles. The minimum absolute atomic E-state index is 0.0103. The van der Waals surface area contributed by atoms with E-state index in [1.165, 1.54) is 12.1 Å². The third-order valence-corrected chi connectivity index (χ3v) is 7.49. The number of carbonyl (C=O) groups is 2. The number of carbonyl (C=O) groups excluding carboxylic acids is 2. The van der Waals surface area contributed by atoms with Gasteiger partial charge in [0.05, 0.1) is 4.90 Å². The highest BCUT2D eigenvalue weighted by Gasteiger charge is 2.30. The smallest absolute Gasteiger partial charge is 0.253 e. The molecule has 0 bridgehead atoms. The Balaban J connectivity index is 1.49. The lowest BCUT2D eigenvalue weighted by molar-refractivity contribution is -0.126. The van der Waals surface area contributed by atoms with Crippen LogP contribution < -0.4 is 10.0 Å². The fraction of sp³-hybridized carbons (Fsp3) is 0.652. The summed E-state index contributed by atoms with van der Waals surface area (Å²) in [6.07, 6.45) is 3.00. The summed E-state index contributed by atoms with van der Waals surface area (Å²) in [5.74, 6) is -0.160. The molecule has 0 aromatic heterocycles. The van der Waals surface area contributed by atoms with Crippen LogP contribution in [-0.2, 0) is 14.8 Å². The standard InChI is InChI=1S/C23H36N4O4S/c1-23(2,16-26(3)4)15-24-21(28)17-11-13-27(14-12-17)22(29)18-5-9-20(10-6-18)32(30,31)25-19-7-8-19/h5-6,9-10,17,19,25H,7-8,11-16H2,1-4H3,(H,24,28). The van der Waals surface area contributed by atoms with Gasteiger partial charge in [-0.2, -0.15) is 0 Å². The Hall–Kier alpha value is -1.97. The molecule has 1 aromatic carbocycles. The maximum atomic E-state index is 12.8. The molecule has 8 nitrogen and oxygen atoms in total. The van der Waals surface area contributed by atoms with Crippen molar-refractivity contribution in [2.24, 2.45) is 11.3 Å². The van der Waals surface area contributed by atoms with Crippen LogP contribution in [0.3, 0.4) is 0 Å². The van der Waals surface area contributed by atoms with Crippen molar-refractivity contribution in [2.75, 3.05) is 40.3 Å². The second kappa shape index (κ2) is 9.89. The Bertz CT molecular complexity index is 916. The Morgan fingerprint density at radius 2 is 1.66 bits per heavy atom. The monoisotopic (exact) mass is 464 g/mol. The molecular weight excluding hydrogens is 428 g/mol. The number of benzene rings is 1. The molecule has 1 aliphatic heterocycles. The van der Waals surface area contributed by atoms with E-state index < -0.39 is 10.0 Å². The highest BCUT2D eigenvalue weighted by atomic mass is 32.2. The first-order chi connectivity index (χ1) is 15.0. The van der Waals surface area contributed by atoms with Crippen molar-refractivity contribution in [1.82, 2.24) is 19.8 Å². The normalized spacial score (nSPS) is 18.1. The summed E-state index contributed by atoms with van der Waals surface area (Å²) >= 11 is 0. The fourth-order valence-electron chi connectivity index (χ4n) is 4.18. The van der Waals surface area contributed by atoms with E-state index in [0.717, 1.165) is 19.4 Å². The van der Waals surface area contributed by atoms with Gasteiger partial charge in [0.15, 0.2) is 0 Å². The lowest BCUT2D eigenvalue weighted by atomic mass is 9.91. The molecular formula is C23H36N4O4S. The van der Waals surface area contributed by atoms with Crippen LogP contribution in [0.1, 0.15) is 49.9 Å². The Kier molecular flexibility index (Phi) is 7.62. The first-order valence-electron chi connectivity index (χ1n) is 11.3. The molecule has 178 valence electrons. The van der Waals surface area contributed by atoms with Crippen LogP contribution >= 0.6 is 0 Å². The number of likely N-dealkylation sites (tertiary alicyclic amines) is 1. The van der Waals surface area contributed by atoms with E-state index in [0.29, 0.717) is 38.0 Å². The van der Waals surface area contributed by atoms with Crippen LogP contribution in [0.25, 0.3) is 0 Å². The quantitative estimate of drug-likeness (QED) is 0.579. The van der Waals surface area contributed by atoms with Gasteiger partial charge in [-0.15, -0.1) is 0 Å². The third-order valence-electron chi connectivity index (χ3n) is 5.95. The SMILES string of the molecule is CN(C)CC(C)(C)CNC(=O)C1CCN(C(=O)c2ccc(S(=O)(=O)NC3CC3)cc2)CC1. The summed E-state index contributed by atoms with van der Waals surface area (Å²) < 4.78 is 27.2. The third kappa shape index (κ3) is 6.76. The Labute approximate surface area is 191 Å². The van der Waals surface area contributed by atoms with Crippen molar-refractivity contribution in [3.63, 3.8) is 0 Å². The van der Waals surface area contributed by atoms with Crippen LogP contribution in [0, 0.1) is 11.3 Å². The van der Waals surface area contributed by atoms with Gasteiger partial charge in [-0.3, -0.25) is 9.59 Å². The van der Waals surface area contributed by atoms with Gasteiger partial charge in [0.1, 0.15) is 0 Å². The number of hydrogen-bond acceptors (Lipinski definition) is 5. The summed E-state index contributed by atoms with van der Waals surface area (Å²) in [6, 6.07) is 6.13. The van der Waals surface area contributed by atoms with E-state index in [-0.39, 0.29) is 34.1 Å². The van der Waals surface area contributed by atoms with Crippen LogP contribution in [0.2, 0.25) is 0 Å². The van der Waals surface area contributed by atoms with Crippen molar-refractivity contribution >= 4 is 21.8 Å². The zero-order chi connectivity index (χ0) is 23.5. The van der Waals surface area contributed by atoms with Gasteiger partial charge < -0.3 is 15.1 Å². The molecule has 0 spiro atoms. The number of piperidine rings is 1. The van der Waals surface area contributed by atoms with E-state index in [1.54, 1.807) is 17.0 Å². The number of nitrogens with one attached hydrogen (secondary N) is 2. The van der Waals surface area contributed by atoms with Crippen LogP contribution in [0.5, 0.6) is 0 Å². The Morgan fingerprint density at radius 3 is 2.19 bits per heavy atom. The van der Waals surface area contributed by atoms with E-state index in [4.69, 9.17) is 0 Å². The number of amides is 2. The van der Waals surface area contributed by atoms with Gasteiger partial charge in [-0.25, -0.2) is 13.1 Å². The van der Waals surface area contributed by atoms with Crippen molar-refractivity contribution in [3.05, 3.63) is 29.8 Å². The predicted octanol–water partition coefficient (Wildman–Crippen LogP) is 1.68. The van der Waals surface area contributed by atoms with Gasteiger partial charge in [0.2, 0.25) is 15.9 Å². The van der Waals surface area contributed by atoms with Crippen LogP contribution in [0.15, 0.2) is 29.2 Å². The summed E-state index contributed by atoms with van der Waals surface area (Å²) in [5.41, 5.74) is 0.451. The van der Waals surface area contributed by atoms with Crippen molar-refractivity contribution < 1.29 is 18.0 Å². The van der Waals surface area contributed by atoms with Crippen molar-refractivity contribution in [1.29, 1.82) is 0 Å². The molecule has 1 aromatic rings. The molecule has 2 amide bonds. The largest absolute Gasteiger partial charge is 0.355 e. The van der Waals surface area contributed by atoms with E-state index in [2.05, 4.69) is 28.8 Å². The number of nitrogens with zero attached hydrogens (tertiary/aromatic N) is 2. The Morgan fingerprint density at radius 1 is 1.06 bits per heavy atom. The maximum absolute atomic E-state index is 12.8. The number of hydrogen-bond donors (Lipinski definition) is 2. The average molecular weight is 465 g/mol. The molecule has 1 saturated carbocycles. The molecule has 9 heteroatoms. The zero-order valence-electron chi connectivity index (χ0n) is 19.6. The second-order valence-electron chi connectivity index (χ2n) is 10.1. The maximum Gasteiger partial charge on any atom is 0.253 e. The van der Waals surface area contributed by atoms with Crippen molar-refractivity contribution in [2.45, 2.75) is 50.5 Å².